The molecular formula is C9H11NO4. The van der Waals surface area contributed by atoms with Crippen molar-refractivity contribution in [1.29, 1.82) is 0 Å². The predicted octanol–water partition coefficient (Wildman–Crippen LogP) is 0.825. The molecular weight excluding hydrogens is 186 g/mol. The highest BCUT2D eigenvalue weighted by Gasteiger charge is 2.22. The molecule has 0 fully saturated rings. The molecule has 0 aliphatic rings. The summed E-state index contributed by atoms with van der Waals surface area (Å²) in [6, 6.07) is 0.644. The fraction of sp³-hybridized carbons (Fsp3) is 0.333. The number of amides is 1. The van der Waals surface area contributed by atoms with Crippen LogP contribution in [0.1, 0.15) is 17.3 Å². The van der Waals surface area contributed by atoms with Gasteiger partial charge in [0.15, 0.2) is 0 Å². The van der Waals surface area contributed by atoms with Crippen molar-refractivity contribution in [2.75, 3.05) is 7.05 Å². The maximum absolute atomic E-state index is 11.6. The normalized spacial score (nSPS) is 12.1. The molecule has 5 nitrogen and oxygen atoms in total. The molecule has 0 aromatic carbocycles. The van der Waals surface area contributed by atoms with E-state index < -0.39 is 12.0 Å². The monoisotopic (exact) mass is 197 g/mol. The van der Waals surface area contributed by atoms with Crippen molar-refractivity contribution in [3.05, 3.63) is 24.2 Å². The minimum Gasteiger partial charge on any atom is -0.480 e. The van der Waals surface area contributed by atoms with Gasteiger partial charge in [-0.1, -0.05) is 0 Å². The number of carbonyl (C=O) groups is 2. The van der Waals surface area contributed by atoms with Gasteiger partial charge in [-0.2, -0.15) is 0 Å². The molecule has 0 bridgehead atoms. The van der Waals surface area contributed by atoms with Crippen LogP contribution >= 0.6 is 0 Å². The number of likely N-dealkylation sites (N-methyl/N-ethyl adjacent to an activating group) is 1. The van der Waals surface area contributed by atoms with E-state index in [9.17, 15) is 9.59 Å². The van der Waals surface area contributed by atoms with Crippen molar-refractivity contribution < 1.29 is 19.1 Å². The number of furan rings is 1. The maximum Gasteiger partial charge on any atom is 0.326 e. The van der Waals surface area contributed by atoms with E-state index in [1.54, 1.807) is 0 Å². The van der Waals surface area contributed by atoms with Gasteiger partial charge < -0.3 is 14.4 Å². The van der Waals surface area contributed by atoms with Gasteiger partial charge in [0.1, 0.15) is 12.3 Å². The first-order valence-corrected chi connectivity index (χ1v) is 4.06. The lowest BCUT2D eigenvalue weighted by Crippen LogP contribution is -2.40. The SMILES string of the molecule is CC(C(=O)O)N(C)C(=O)c1ccoc1. The fourth-order valence-corrected chi connectivity index (χ4v) is 0.931. The van der Waals surface area contributed by atoms with Crippen LogP contribution < -0.4 is 0 Å². The van der Waals surface area contributed by atoms with Gasteiger partial charge in [0.25, 0.3) is 5.91 Å². The summed E-state index contributed by atoms with van der Waals surface area (Å²) in [5.41, 5.74) is 0.348. The Morgan fingerprint density at radius 2 is 2.21 bits per heavy atom. The number of carbonyl (C=O) groups excluding carboxylic acids is 1. The van der Waals surface area contributed by atoms with E-state index in [0.29, 0.717) is 5.56 Å². The average Bonchev–Trinajstić information content (AvgIpc) is 2.67. The van der Waals surface area contributed by atoms with Gasteiger partial charge in [-0.25, -0.2) is 4.79 Å². The van der Waals surface area contributed by atoms with Crippen molar-refractivity contribution in [3.8, 4) is 0 Å². The van der Waals surface area contributed by atoms with Gasteiger partial charge >= 0.3 is 5.97 Å². The van der Waals surface area contributed by atoms with Crippen molar-refractivity contribution in [1.82, 2.24) is 4.90 Å². The summed E-state index contributed by atoms with van der Waals surface area (Å²) in [6.45, 7) is 1.44. The van der Waals surface area contributed by atoms with E-state index in [0.717, 1.165) is 4.90 Å². The van der Waals surface area contributed by atoms with Crippen LogP contribution in [0, 0.1) is 0 Å². The van der Waals surface area contributed by atoms with E-state index in [4.69, 9.17) is 9.52 Å². The molecule has 0 radical (unpaired) electrons. The Balaban J connectivity index is 2.76. The molecule has 1 aromatic heterocycles. The average molecular weight is 197 g/mol. The number of carboxylic acid groups (broad SMARTS) is 1. The van der Waals surface area contributed by atoms with E-state index in [1.807, 2.05) is 0 Å². The fourth-order valence-electron chi connectivity index (χ4n) is 0.931. The highest BCUT2D eigenvalue weighted by Crippen LogP contribution is 2.06. The lowest BCUT2D eigenvalue weighted by molar-refractivity contribution is -0.141. The molecule has 14 heavy (non-hydrogen) atoms. The number of rotatable bonds is 3. The quantitative estimate of drug-likeness (QED) is 0.778. The second-order valence-corrected chi connectivity index (χ2v) is 2.94. The second-order valence-electron chi connectivity index (χ2n) is 2.94. The molecule has 0 spiro atoms. The second kappa shape index (κ2) is 3.95. The van der Waals surface area contributed by atoms with E-state index >= 15 is 0 Å². The largest absolute Gasteiger partial charge is 0.480 e. The molecule has 0 aliphatic carbocycles. The Morgan fingerprint density at radius 3 is 2.64 bits per heavy atom. The van der Waals surface area contributed by atoms with Crippen LogP contribution in [-0.4, -0.2) is 35.0 Å². The Labute approximate surface area is 80.9 Å². The molecule has 1 rings (SSSR count). The van der Waals surface area contributed by atoms with Crippen molar-refractivity contribution >= 4 is 11.9 Å². The topological polar surface area (TPSA) is 70.8 Å². The van der Waals surface area contributed by atoms with Crippen molar-refractivity contribution in [2.45, 2.75) is 13.0 Å². The highest BCUT2D eigenvalue weighted by atomic mass is 16.4. The third-order valence-corrected chi connectivity index (χ3v) is 2.03. The Morgan fingerprint density at radius 1 is 1.57 bits per heavy atom. The number of carboxylic acids is 1. The minimum absolute atomic E-state index is 0.348. The number of aliphatic carboxylic acids is 1. The number of nitrogens with zero attached hydrogens (tertiary/aromatic N) is 1. The number of hydrogen-bond donors (Lipinski definition) is 1. The zero-order chi connectivity index (χ0) is 10.7. The van der Waals surface area contributed by atoms with Crippen LogP contribution in [0.5, 0.6) is 0 Å². The lowest BCUT2D eigenvalue weighted by atomic mass is 10.2. The van der Waals surface area contributed by atoms with Crippen LogP contribution in [0.15, 0.2) is 23.0 Å². The van der Waals surface area contributed by atoms with Crippen molar-refractivity contribution in [3.63, 3.8) is 0 Å². The first kappa shape index (κ1) is 10.3. The van der Waals surface area contributed by atoms with Crippen LogP contribution in [0.4, 0.5) is 0 Å². The van der Waals surface area contributed by atoms with Gasteiger partial charge in [0.05, 0.1) is 11.8 Å². The van der Waals surface area contributed by atoms with E-state index in [1.165, 1.54) is 32.6 Å². The summed E-state index contributed by atoms with van der Waals surface area (Å²) in [5, 5.41) is 8.68. The third-order valence-electron chi connectivity index (χ3n) is 2.03. The smallest absolute Gasteiger partial charge is 0.326 e. The molecule has 5 heteroatoms. The third kappa shape index (κ3) is 1.93. The first-order chi connectivity index (χ1) is 6.54. The molecule has 76 valence electrons. The van der Waals surface area contributed by atoms with Crippen LogP contribution in [0.25, 0.3) is 0 Å². The molecule has 1 amide bonds. The molecule has 1 unspecified atom stereocenters. The molecule has 0 saturated carbocycles. The molecule has 1 heterocycles. The first-order valence-electron chi connectivity index (χ1n) is 4.06. The maximum atomic E-state index is 11.6. The van der Waals surface area contributed by atoms with Crippen LogP contribution in [0.3, 0.4) is 0 Å². The van der Waals surface area contributed by atoms with Gasteiger partial charge in [0.2, 0.25) is 0 Å². The van der Waals surface area contributed by atoms with Gasteiger partial charge in [-0.05, 0) is 13.0 Å². The zero-order valence-corrected chi connectivity index (χ0v) is 7.93. The molecule has 1 N–H and O–H groups in total. The lowest BCUT2D eigenvalue weighted by Gasteiger charge is -2.20. The highest BCUT2D eigenvalue weighted by molar-refractivity contribution is 5.95. The van der Waals surface area contributed by atoms with Gasteiger partial charge in [-0.15, -0.1) is 0 Å². The summed E-state index contributed by atoms with van der Waals surface area (Å²) in [7, 11) is 1.44. The molecule has 0 aliphatic heterocycles. The summed E-state index contributed by atoms with van der Waals surface area (Å²) < 4.78 is 4.73. The minimum atomic E-state index is -1.04. The van der Waals surface area contributed by atoms with Gasteiger partial charge in [0, 0.05) is 7.05 Å². The summed E-state index contributed by atoms with van der Waals surface area (Å²) in [5.74, 6) is -1.40. The summed E-state index contributed by atoms with van der Waals surface area (Å²) in [4.78, 5) is 23.3. The number of hydrogen-bond acceptors (Lipinski definition) is 3. The van der Waals surface area contributed by atoms with E-state index in [2.05, 4.69) is 0 Å². The standard InChI is InChI=1S/C9H11NO4/c1-6(9(12)13)10(2)8(11)7-3-4-14-5-7/h3-6H,1-2H3,(H,12,13). The molecule has 1 aromatic rings. The summed E-state index contributed by atoms with van der Waals surface area (Å²) >= 11 is 0. The summed E-state index contributed by atoms with van der Waals surface area (Å²) in [6.07, 6.45) is 2.65. The van der Waals surface area contributed by atoms with Gasteiger partial charge in [-0.3, -0.25) is 4.79 Å². The predicted molar refractivity (Wildman–Crippen MR) is 47.9 cm³/mol. The van der Waals surface area contributed by atoms with E-state index in [-0.39, 0.29) is 5.91 Å². The zero-order valence-electron chi connectivity index (χ0n) is 7.93. The molecule has 1 atom stereocenters. The Kier molecular flexibility index (Phi) is 2.91. The Hall–Kier alpha value is -1.78. The Bertz CT molecular complexity index is 331. The van der Waals surface area contributed by atoms with Crippen LogP contribution in [-0.2, 0) is 4.79 Å². The molecule has 0 saturated heterocycles. The van der Waals surface area contributed by atoms with Crippen molar-refractivity contribution in [2.24, 2.45) is 0 Å². The van der Waals surface area contributed by atoms with Crippen LogP contribution in [0.2, 0.25) is 0 Å².